The van der Waals surface area contributed by atoms with Crippen molar-refractivity contribution in [2.45, 2.75) is 58.6 Å². The molecule has 1 N–H and O–H groups in total. The van der Waals surface area contributed by atoms with Crippen LogP contribution in [-0.2, 0) is 0 Å². The molecule has 0 bridgehead atoms. The van der Waals surface area contributed by atoms with Crippen molar-refractivity contribution >= 4 is 11.6 Å². The largest absolute Gasteiger partial charge is 0.489 e. The van der Waals surface area contributed by atoms with E-state index in [0.717, 1.165) is 23.7 Å². The Labute approximate surface area is 127 Å². The summed E-state index contributed by atoms with van der Waals surface area (Å²) >= 11 is 6.39. The Morgan fingerprint density at radius 3 is 2.75 bits per heavy atom. The van der Waals surface area contributed by atoms with Gasteiger partial charge in [-0.25, -0.2) is 0 Å². The van der Waals surface area contributed by atoms with Gasteiger partial charge in [-0.05, 0) is 56.3 Å². The highest BCUT2D eigenvalue weighted by Crippen LogP contribution is 2.33. The molecule has 112 valence electrons. The number of ether oxygens (including phenoxy) is 1. The molecule has 0 spiro atoms. The van der Waals surface area contributed by atoms with E-state index >= 15 is 0 Å². The summed E-state index contributed by atoms with van der Waals surface area (Å²) in [7, 11) is 0. The summed E-state index contributed by atoms with van der Waals surface area (Å²) in [5.74, 6) is 1.46. The summed E-state index contributed by atoms with van der Waals surface area (Å²) in [5, 5.41) is 4.12. The van der Waals surface area contributed by atoms with E-state index in [1.165, 1.54) is 24.8 Å². The normalized spacial score (nSPS) is 24.4. The van der Waals surface area contributed by atoms with Crippen molar-refractivity contribution in [3.63, 3.8) is 0 Å². The van der Waals surface area contributed by atoms with Crippen LogP contribution in [0.5, 0.6) is 5.75 Å². The third kappa shape index (κ3) is 3.89. The van der Waals surface area contributed by atoms with Crippen LogP contribution in [0.3, 0.4) is 0 Å². The standard InChI is InChI=1S/C17H26ClNO/c1-4-19-13(3)14-9-10-17(15(18)11-14)20-16-8-6-5-7-12(16)2/h9-13,16,19H,4-8H2,1-3H3. The lowest BCUT2D eigenvalue weighted by atomic mass is 9.88. The molecule has 1 aliphatic carbocycles. The van der Waals surface area contributed by atoms with Crippen molar-refractivity contribution in [1.29, 1.82) is 0 Å². The fourth-order valence-corrected chi connectivity index (χ4v) is 3.16. The Balaban J connectivity index is 2.05. The highest BCUT2D eigenvalue weighted by molar-refractivity contribution is 6.32. The van der Waals surface area contributed by atoms with Gasteiger partial charge in [-0.3, -0.25) is 0 Å². The van der Waals surface area contributed by atoms with Gasteiger partial charge in [-0.1, -0.05) is 37.9 Å². The Hall–Kier alpha value is -0.730. The van der Waals surface area contributed by atoms with E-state index in [9.17, 15) is 0 Å². The van der Waals surface area contributed by atoms with Gasteiger partial charge >= 0.3 is 0 Å². The van der Waals surface area contributed by atoms with Gasteiger partial charge in [0, 0.05) is 6.04 Å². The molecule has 0 saturated heterocycles. The van der Waals surface area contributed by atoms with Crippen LogP contribution in [0, 0.1) is 5.92 Å². The number of halogens is 1. The minimum atomic E-state index is 0.318. The first kappa shape index (κ1) is 15.7. The van der Waals surface area contributed by atoms with Crippen LogP contribution in [-0.4, -0.2) is 12.6 Å². The lowest BCUT2D eigenvalue weighted by Crippen LogP contribution is -2.28. The SMILES string of the molecule is CCNC(C)c1ccc(OC2CCCCC2C)c(Cl)c1. The first-order valence-electron chi connectivity index (χ1n) is 7.81. The summed E-state index contributed by atoms with van der Waals surface area (Å²) in [6, 6.07) is 6.48. The van der Waals surface area contributed by atoms with Crippen LogP contribution in [0.2, 0.25) is 5.02 Å². The molecule has 0 radical (unpaired) electrons. The van der Waals surface area contributed by atoms with Gasteiger partial charge < -0.3 is 10.1 Å². The molecule has 20 heavy (non-hydrogen) atoms. The molecular weight excluding hydrogens is 270 g/mol. The molecule has 3 heteroatoms. The molecule has 1 fully saturated rings. The Morgan fingerprint density at radius 1 is 1.35 bits per heavy atom. The van der Waals surface area contributed by atoms with Crippen molar-refractivity contribution < 1.29 is 4.74 Å². The molecule has 0 heterocycles. The van der Waals surface area contributed by atoms with E-state index in [1.54, 1.807) is 0 Å². The second kappa shape index (κ2) is 7.33. The monoisotopic (exact) mass is 295 g/mol. The van der Waals surface area contributed by atoms with Gasteiger partial charge in [-0.15, -0.1) is 0 Å². The van der Waals surface area contributed by atoms with Crippen LogP contribution in [0.15, 0.2) is 18.2 Å². The van der Waals surface area contributed by atoms with E-state index in [1.807, 2.05) is 12.1 Å². The molecule has 1 saturated carbocycles. The van der Waals surface area contributed by atoms with Crippen molar-refractivity contribution in [3.8, 4) is 5.75 Å². The highest BCUT2D eigenvalue weighted by Gasteiger charge is 2.23. The third-order valence-corrected chi connectivity index (χ3v) is 4.57. The number of rotatable bonds is 5. The van der Waals surface area contributed by atoms with Crippen molar-refractivity contribution in [2.24, 2.45) is 5.92 Å². The molecular formula is C17H26ClNO. The van der Waals surface area contributed by atoms with Gasteiger partial charge in [0.2, 0.25) is 0 Å². The first-order valence-corrected chi connectivity index (χ1v) is 8.19. The zero-order valence-electron chi connectivity index (χ0n) is 12.8. The maximum atomic E-state index is 6.39. The van der Waals surface area contributed by atoms with E-state index in [-0.39, 0.29) is 0 Å². The molecule has 0 amide bonds. The number of benzene rings is 1. The van der Waals surface area contributed by atoms with E-state index < -0.39 is 0 Å². The molecule has 2 rings (SSSR count). The predicted octanol–water partition coefficient (Wildman–Crippen LogP) is 4.97. The van der Waals surface area contributed by atoms with Gasteiger partial charge in [0.1, 0.15) is 11.9 Å². The smallest absolute Gasteiger partial charge is 0.138 e. The summed E-state index contributed by atoms with van der Waals surface area (Å²) in [6.07, 6.45) is 5.32. The Bertz CT molecular complexity index is 435. The first-order chi connectivity index (χ1) is 9.61. The fraction of sp³-hybridized carbons (Fsp3) is 0.647. The average molecular weight is 296 g/mol. The van der Waals surface area contributed by atoms with Crippen LogP contribution in [0.1, 0.15) is 58.1 Å². The Kier molecular flexibility index (Phi) is 5.74. The zero-order chi connectivity index (χ0) is 14.5. The highest BCUT2D eigenvalue weighted by atomic mass is 35.5. The van der Waals surface area contributed by atoms with Gasteiger partial charge in [0.25, 0.3) is 0 Å². The van der Waals surface area contributed by atoms with Gasteiger partial charge in [-0.2, -0.15) is 0 Å². The van der Waals surface area contributed by atoms with E-state index in [4.69, 9.17) is 16.3 Å². The van der Waals surface area contributed by atoms with Crippen molar-refractivity contribution in [2.75, 3.05) is 6.54 Å². The van der Waals surface area contributed by atoms with Crippen LogP contribution in [0.4, 0.5) is 0 Å². The molecule has 2 nitrogen and oxygen atoms in total. The lowest BCUT2D eigenvalue weighted by Gasteiger charge is -2.29. The average Bonchev–Trinajstić information content (AvgIpc) is 2.43. The summed E-state index contributed by atoms with van der Waals surface area (Å²) in [6.45, 7) is 7.49. The van der Waals surface area contributed by atoms with Crippen molar-refractivity contribution in [1.82, 2.24) is 5.32 Å². The van der Waals surface area contributed by atoms with Crippen molar-refractivity contribution in [3.05, 3.63) is 28.8 Å². The predicted molar refractivity (Wildman–Crippen MR) is 85.6 cm³/mol. The van der Waals surface area contributed by atoms with Gasteiger partial charge in [0.15, 0.2) is 0 Å². The topological polar surface area (TPSA) is 21.3 Å². The maximum absolute atomic E-state index is 6.39. The Morgan fingerprint density at radius 2 is 2.10 bits per heavy atom. The summed E-state index contributed by atoms with van der Waals surface area (Å²) < 4.78 is 6.14. The molecule has 1 aromatic carbocycles. The zero-order valence-corrected chi connectivity index (χ0v) is 13.5. The van der Waals surface area contributed by atoms with Crippen LogP contribution < -0.4 is 10.1 Å². The number of nitrogens with one attached hydrogen (secondary N) is 1. The lowest BCUT2D eigenvalue weighted by molar-refractivity contribution is 0.103. The van der Waals surface area contributed by atoms with Crippen LogP contribution in [0.25, 0.3) is 0 Å². The molecule has 1 aliphatic rings. The number of hydrogen-bond donors (Lipinski definition) is 1. The quantitative estimate of drug-likeness (QED) is 0.828. The van der Waals surface area contributed by atoms with E-state index in [2.05, 4.69) is 32.2 Å². The summed E-state index contributed by atoms with van der Waals surface area (Å²) in [4.78, 5) is 0. The number of hydrogen-bond acceptors (Lipinski definition) is 2. The fourth-order valence-electron chi connectivity index (χ4n) is 2.93. The minimum Gasteiger partial charge on any atom is -0.489 e. The van der Waals surface area contributed by atoms with Crippen LogP contribution >= 0.6 is 11.6 Å². The molecule has 0 aliphatic heterocycles. The minimum absolute atomic E-state index is 0.318. The third-order valence-electron chi connectivity index (χ3n) is 4.28. The second-order valence-electron chi connectivity index (χ2n) is 5.89. The van der Waals surface area contributed by atoms with Gasteiger partial charge in [0.05, 0.1) is 5.02 Å². The molecule has 3 unspecified atom stereocenters. The summed E-state index contributed by atoms with van der Waals surface area (Å²) in [5.41, 5.74) is 1.21. The molecule has 3 atom stereocenters. The second-order valence-corrected chi connectivity index (χ2v) is 6.29. The maximum Gasteiger partial charge on any atom is 0.138 e. The molecule has 0 aromatic heterocycles. The van der Waals surface area contributed by atoms with E-state index in [0.29, 0.717) is 18.1 Å². The molecule has 1 aromatic rings.